The maximum atomic E-state index is 10.1. The number of ether oxygens (including phenoxy) is 1. The van der Waals surface area contributed by atoms with E-state index < -0.39 is 6.10 Å². The van der Waals surface area contributed by atoms with E-state index >= 15 is 0 Å². The Kier molecular flexibility index (Phi) is 6.95. The molecule has 116 valence electrons. The quantitative estimate of drug-likeness (QED) is 0.732. The summed E-state index contributed by atoms with van der Waals surface area (Å²) in [5.74, 6) is 0.784. The second kappa shape index (κ2) is 9.00. The largest absolute Gasteiger partial charge is 0.467 e. The Hall–Kier alpha value is -1.14. The first-order chi connectivity index (χ1) is 10.3. The smallest absolute Gasteiger partial charge is 0.129 e. The molecule has 4 nitrogen and oxygen atoms in total. The van der Waals surface area contributed by atoms with E-state index in [1.54, 1.807) is 17.6 Å². The first kappa shape index (κ1) is 16.2. The molecule has 0 saturated carbocycles. The molecular formula is C16H23NO3S. The van der Waals surface area contributed by atoms with Crippen molar-refractivity contribution in [3.63, 3.8) is 0 Å². The van der Waals surface area contributed by atoms with E-state index in [0.717, 1.165) is 25.3 Å². The summed E-state index contributed by atoms with van der Waals surface area (Å²) in [6.07, 6.45) is 2.22. The number of aliphatic hydroxyl groups is 1. The number of rotatable bonds is 10. The topological polar surface area (TPSA) is 45.8 Å². The Morgan fingerprint density at radius 1 is 1.38 bits per heavy atom. The lowest BCUT2D eigenvalue weighted by Crippen LogP contribution is -2.34. The van der Waals surface area contributed by atoms with Gasteiger partial charge in [-0.1, -0.05) is 13.0 Å². The van der Waals surface area contributed by atoms with Crippen LogP contribution in [0.2, 0.25) is 0 Å². The van der Waals surface area contributed by atoms with Crippen molar-refractivity contribution in [3.8, 4) is 0 Å². The number of furan rings is 1. The van der Waals surface area contributed by atoms with E-state index in [-0.39, 0.29) is 0 Å². The van der Waals surface area contributed by atoms with Gasteiger partial charge in [0, 0.05) is 18.0 Å². The van der Waals surface area contributed by atoms with Crippen LogP contribution >= 0.6 is 11.3 Å². The van der Waals surface area contributed by atoms with E-state index in [1.807, 2.05) is 12.1 Å². The molecule has 2 rings (SSSR count). The molecule has 2 aromatic heterocycles. The van der Waals surface area contributed by atoms with Crippen LogP contribution in [0.15, 0.2) is 40.3 Å². The van der Waals surface area contributed by atoms with E-state index in [1.165, 1.54) is 4.88 Å². The average Bonchev–Trinajstić information content (AvgIpc) is 3.12. The fourth-order valence-electron chi connectivity index (χ4n) is 2.22. The van der Waals surface area contributed by atoms with Crippen LogP contribution in [0, 0.1) is 0 Å². The lowest BCUT2D eigenvalue weighted by molar-refractivity contribution is 0.00401. The fourth-order valence-corrected chi connectivity index (χ4v) is 2.96. The first-order valence-corrected chi connectivity index (χ1v) is 8.18. The molecule has 5 heteroatoms. The van der Waals surface area contributed by atoms with Crippen LogP contribution in [-0.4, -0.2) is 35.8 Å². The molecule has 0 fully saturated rings. The fraction of sp³-hybridized carbons (Fsp3) is 0.500. The summed E-state index contributed by atoms with van der Waals surface area (Å²) in [6, 6.07) is 7.89. The van der Waals surface area contributed by atoms with Crippen molar-refractivity contribution >= 4 is 11.3 Å². The Morgan fingerprint density at radius 2 is 2.29 bits per heavy atom. The van der Waals surface area contributed by atoms with Crippen LogP contribution in [0.25, 0.3) is 0 Å². The summed E-state index contributed by atoms with van der Waals surface area (Å²) >= 11 is 1.75. The Bertz CT molecular complexity index is 470. The maximum Gasteiger partial charge on any atom is 0.129 e. The Balaban J connectivity index is 1.71. The number of hydrogen-bond donors (Lipinski definition) is 1. The molecule has 0 bridgehead atoms. The molecule has 0 aromatic carbocycles. The van der Waals surface area contributed by atoms with Crippen LogP contribution in [0.1, 0.15) is 24.0 Å². The third-order valence-corrected chi connectivity index (χ3v) is 3.96. The summed E-state index contributed by atoms with van der Waals surface area (Å²) < 4.78 is 10.7. The van der Waals surface area contributed by atoms with Crippen LogP contribution in [0.5, 0.6) is 0 Å². The summed E-state index contributed by atoms with van der Waals surface area (Å²) in [5.41, 5.74) is 0. The van der Waals surface area contributed by atoms with Crippen LogP contribution in [0.3, 0.4) is 0 Å². The van der Waals surface area contributed by atoms with Crippen molar-refractivity contribution in [2.75, 3.05) is 19.7 Å². The Morgan fingerprint density at radius 3 is 2.95 bits per heavy atom. The highest BCUT2D eigenvalue weighted by Gasteiger charge is 2.12. The molecule has 21 heavy (non-hydrogen) atoms. The van der Waals surface area contributed by atoms with E-state index in [4.69, 9.17) is 9.15 Å². The van der Waals surface area contributed by atoms with Gasteiger partial charge in [-0.3, -0.25) is 4.90 Å². The van der Waals surface area contributed by atoms with Gasteiger partial charge in [0.25, 0.3) is 0 Å². The first-order valence-electron chi connectivity index (χ1n) is 7.31. The Labute approximate surface area is 130 Å². The molecule has 0 radical (unpaired) electrons. The average molecular weight is 309 g/mol. The minimum absolute atomic E-state index is 0.325. The van der Waals surface area contributed by atoms with Crippen LogP contribution in [0.4, 0.5) is 0 Å². The molecule has 2 heterocycles. The van der Waals surface area contributed by atoms with Crippen LogP contribution in [-0.2, 0) is 17.9 Å². The van der Waals surface area contributed by atoms with Crippen molar-refractivity contribution in [3.05, 3.63) is 46.5 Å². The highest BCUT2D eigenvalue weighted by atomic mass is 32.1. The normalized spacial score (nSPS) is 12.9. The lowest BCUT2D eigenvalue weighted by atomic mass is 10.3. The molecule has 1 unspecified atom stereocenters. The van der Waals surface area contributed by atoms with Gasteiger partial charge in [0.2, 0.25) is 0 Å². The van der Waals surface area contributed by atoms with Crippen LogP contribution < -0.4 is 0 Å². The monoisotopic (exact) mass is 309 g/mol. The third kappa shape index (κ3) is 6.01. The van der Waals surface area contributed by atoms with Crippen molar-refractivity contribution in [1.29, 1.82) is 0 Å². The zero-order valence-electron chi connectivity index (χ0n) is 12.4. The summed E-state index contributed by atoms with van der Waals surface area (Å²) in [7, 11) is 0. The number of aliphatic hydroxyl groups excluding tert-OH is 1. The maximum absolute atomic E-state index is 10.1. The lowest BCUT2D eigenvalue weighted by Gasteiger charge is -2.24. The van der Waals surface area contributed by atoms with Gasteiger partial charge in [0.15, 0.2) is 0 Å². The third-order valence-electron chi connectivity index (χ3n) is 3.10. The molecule has 0 amide bonds. The molecule has 2 aromatic rings. The predicted molar refractivity (Wildman–Crippen MR) is 84.3 cm³/mol. The summed E-state index contributed by atoms with van der Waals surface area (Å²) in [5, 5.41) is 12.2. The summed E-state index contributed by atoms with van der Waals surface area (Å²) in [4.78, 5) is 3.60. The van der Waals surface area contributed by atoms with Crippen molar-refractivity contribution in [2.24, 2.45) is 0 Å². The molecule has 0 spiro atoms. The van der Waals surface area contributed by atoms with Gasteiger partial charge in [-0.05, 0) is 36.5 Å². The molecule has 1 atom stereocenters. The SMILES string of the molecule is CCCN(Cc1cccs1)CC(O)COCc1ccco1. The van der Waals surface area contributed by atoms with Crippen molar-refractivity contribution in [2.45, 2.75) is 32.6 Å². The highest BCUT2D eigenvalue weighted by molar-refractivity contribution is 7.09. The molecule has 0 aliphatic heterocycles. The van der Waals surface area contributed by atoms with Gasteiger partial charge in [0.1, 0.15) is 12.4 Å². The molecule has 0 saturated heterocycles. The predicted octanol–water partition coefficient (Wildman–Crippen LogP) is 3.13. The zero-order chi connectivity index (χ0) is 14.9. The van der Waals surface area contributed by atoms with E-state index in [2.05, 4.69) is 29.3 Å². The number of hydrogen-bond acceptors (Lipinski definition) is 5. The van der Waals surface area contributed by atoms with Gasteiger partial charge >= 0.3 is 0 Å². The van der Waals surface area contributed by atoms with Gasteiger partial charge in [-0.2, -0.15) is 0 Å². The molecule has 0 aliphatic carbocycles. The van der Waals surface area contributed by atoms with Gasteiger partial charge in [-0.15, -0.1) is 11.3 Å². The number of thiophene rings is 1. The van der Waals surface area contributed by atoms with Gasteiger partial charge in [-0.25, -0.2) is 0 Å². The van der Waals surface area contributed by atoms with Crippen molar-refractivity contribution in [1.82, 2.24) is 4.90 Å². The standard InChI is InChI=1S/C16H23NO3S/c1-2-7-17(11-16-6-4-9-21-16)10-14(18)12-19-13-15-5-3-8-20-15/h3-6,8-9,14,18H,2,7,10-13H2,1H3. The molecule has 1 N–H and O–H groups in total. The van der Waals surface area contributed by atoms with Gasteiger partial charge in [0.05, 0.1) is 19.0 Å². The van der Waals surface area contributed by atoms with Crippen molar-refractivity contribution < 1.29 is 14.3 Å². The second-order valence-corrected chi connectivity index (χ2v) is 6.10. The second-order valence-electron chi connectivity index (χ2n) is 5.06. The minimum atomic E-state index is -0.480. The minimum Gasteiger partial charge on any atom is -0.467 e. The molecule has 0 aliphatic rings. The summed E-state index contributed by atoms with van der Waals surface area (Å²) in [6.45, 7) is 5.38. The van der Waals surface area contributed by atoms with Gasteiger partial charge < -0.3 is 14.3 Å². The zero-order valence-corrected chi connectivity index (χ0v) is 13.2. The highest BCUT2D eigenvalue weighted by Crippen LogP contribution is 2.12. The molecular weight excluding hydrogens is 286 g/mol. The van der Waals surface area contributed by atoms with E-state index in [0.29, 0.717) is 19.8 Å². The van der Waals surface area contributed by atoms with E-state index in [9.17, 15) is 5.11 Å². The number of nitrogens with zero attached hydrogens (tertiary/aromatic N) is 1.